The van der Waals surface area contributed by atoms with Gasteiger partial charge in [0.1, 0.15) is 0 Å². The number of sulfonamides is 2. The van der Waals surface area contributed by atoms with Gasteiger partial charge in [-0.05, 0) is 38.8 Å². The van der Waals surface area contributed by atoms with Crippen LogP contribution < -0.4 is 9.03 Å². The standard InChI is InChI=1S/C14H24N2O4S2/c1-6-22(19,20)15-7-8-16(21(5,17)18)14-12(3)9-11(2)10-13(14)4/h9-10,15H,6-8H2,1-5H3. The van der Waals surface area contributed by atoms with Crippen LogP contribution in [0.5, 0.6) is 0 Å². The van der Waals surface area contributed by atoms with Gasteiger partial charge in [0.05, 0.1) is 17.7 Å². The van der Waals surface area contributed by atoms with Crippen LogP contribution in [0.3, 0.4) is 0 Å². The zero-order valence-electron chi connectivity index (χ0n) is 13.7. The highest BCUT2D eigenvalue weighted by Gasteiger charge is 2.21. The van der Waals surface area contributed by atoms with Gasteiger partial charge in [0.25, 0.3) is 0 Å². The molecule has 0 saturated heterocycles. The molecule has 1 aromatic rings. The first-order chi connectivity index (χ1) is 9.98. The lowest BCUT2D eigenvalue weighted by molar-refractivity contribution is 0.579. The highest BCUT2D eigenvalue weighted by Crippen LogP contribution is 2.27. The number of benzene rings is 1. The van der Waals surface area contributed by atoms with Crippen molar-refractivity contribution in [3.05, 3.63) is 28.8 Å². The fourth-order valence-electron chi connectivity index (χ4n) is 2.41. The quantitative estimate of drug-likeness (QED) is 0.805. The Morgan fingerprint density at radius 1 is 1.05 bits per heavy atom. The fraction of sp³-hybridized carbons (Fsp3) is 0.571. The molecule has 0 aliphatic carbocycles. The van der Waals surface area contributed by atoms with Gasteiger partial charge in [-0.1, -0.05) is 17.7 Å². The summed E-state index contributed by atoms with van der Waals surface area (Å²) in [5, 5.41) is 0. The Balaban J connectivity index is 3.12. The molecule has 0 spiro atoms. The zero-order chi connectivity index (χ0) is 17.1. The van der Waals surface area contributed by atoms with Crippen LogP contribution in [0.2, 0.25) is 0 Å². The topological polar surface area (TPSA) is 83.6 Å². The van der Waals surface area contributed by atoms with Gasteiger partial charge in [0.2, 0.25) is 20.0 Å². The molecular weight excluding hydrogens is 324 g/mol. The molecule has 0 aliphatic heterocycles. The molecule has 0 unspecified atom stereocenters. The van der Waals surface area contributed by atoms with Crippen molar-refractivity contribution in [3.8, 4) is 0 Å². The van der Waals surface area contributed by atoms with Gasteiger partial charge in [-0.15, -0.1) is 0 Å². The first-order valence-corrected chi connectivity index (χ1v) is 10.5. The summed E-state index contributed by atoms with van der Waals surface area (Å²) in [4.78, 5) is 0. The fourth-order valence-corrected chi connectivity index (χ4v) is 4.06. The molecule has 0 fully saturated rings. The van der Waals surface area contributed by atoms with E-state index in [4.69, 9.17) is 0 Å². The molecule has 1 N–H and O–H groups in total. The average Bonchev–Trinajstić information content (AvgIpc) is 2.34. The molecule has 0 aliphatic rings. The van der Waals surface area contributed by atoms with Crippen LogP contribution in [-0.2, 0) is 20.0 Å². The number of anilines is 1. The highest BCUT2D eigenvalue weighted by atomic mass is 32.2. The number of hydrogen-bond acceptors (Lipinski definition) is 4. The second kappa shape index (κ2) is 6.97. The summed E-state index contributed by atoms with van der Waals surface area (Å²) in [5.74, 6) is -0.0333. The molecule has 1 aromatic carbocycles. The van der Waals surface area contributed by atoms with Gasteiger partial charge < -0.3 is 0 Å². The molecule has 0 heterocycles. The molecule has 0 atom stereocenters. The Kier molecular flexibility index (Phi) is 6.00. The first-order valence-electron chi connectivity index (χ1n) is 7.01. The van der Waals surface area contributed by atoms with Crippen molar-refractivity contribution in [1.29, 1.82) is 0 Å². The lowest BCUT2D eigenvalue weighted by atomic mass is 10.1. The summed E-state index contributed by atoms with van der Waals surface area (Å²) < 4.78 is 50.8. The Labute approximate surface area is 133 Å². The van der Waals surface area contributed by atoms with E-state index in [0.717, 1.165) is 22.9 Å². The summed E-state index contributed by atoms with van der Waals surface area (Å²) in [6.07, 6.45) is 1.13. The SMILES string of the molecule is CCS(=O)(=O)NCCN(c1c(C)cc(C)cc1C)S(C)(=O)=O. The van der Waals surface area contributed by atoms with Crippen LogP contribution in [0.1, 0.15) is 23.6 Å². The third-order valence-corrected chi connectivity index (χ3v) is 5.87. The minimum absolute atomic E-state index is 0.0333. The molecule has 8 heteroatoms. The van der Waals surface area contributed by atoms with Crippen molar-refractivity contribution >= 4 is 25.7 Å². The molecule has 0 bridgehead atoms. The van der Waals surface area contributed by atoms with Gasteiger partial charge in [0, 0.05) is 13.1 Å². The van der Waals surface area contributed by atoms with Crippen LogP contribution in [0.25, 0.3) is 0 Å². The van der Waals surface area contributed by atoms with E-state index in [1.807, 2.05) is 32.9 Å². The molecule has 6 nitrogen and oxygen atoms in total. The van der Waals surface area contributed by atoms with Crippen molar-refractivity contribution in [2.75, 3.05) is 29.4 Å². The van der Waals surface area contributed by atoms with Gasteiger partial charge in [-0.2, -0.15) is 0 Å². The smallest absolute Gasteiger partial charge is 0.232 e. The maximum Gasteiger partial charge on any atom is 0.232 e. The molecule has 0 aromatic heterocycles. The number of aryl methyl sites for hydroxylation is 3. The van der Waals surface area contributed by atoms with E-state index in [1.54, 1.807) is 0 Å². The minimum atomic E-state index is -3.50. The number of nitrogens with zero attached hydrogens (tertiary/aromatic N) is 1. The summed E-state index contributed by atoms with van der Waals surface area (Å²) in [7, 11) is -6.84. The van der Waals surface area contributed by atoms with Gasteiger partial charge in [-0.3, -0.25) is 4.31 Å². The van der Waals surface area contributed by atoms with Crippen LogP contribution in [-0.4, -0.2) is 41.9 Å². The lowest BCUT2D eigenvalue weighted by Gasteiger charge is -2.26. The van der Waals surface area contributed by atoms with Crippen LogP contribution in [0.15, 0.2) is 12.1 Å². The Morgan fingerprint density at radius 3 is 1.95 bits per heavy atom. The average molecular weight is 348 g/mol. The number of hydrogen-bond donors (Lipinski definition) is 1. The molecule has 0 radical (unpaired) electrons. The van der Waals surface area contributed by atoms with E-state index in [1.165, 1.54) is 11.2 Å². The normalized spacial score (nSPS) is 12.4. The van der Waals surface area contributed by atoms with E-state index in [9.17, 15) is 16.8 Å². The Hall–Kier alpha value is -1.12. The second-order valence-electron chi connectivity index (χ2n) is 5.38. The molecule has 1 rings (SSSR count). The zero-order valence-corrected chi connectivity index (χ0v) is 15.3. The summed E-state index contributed by atoms with van der Waals surface area (Å²) in [5.41, 5.74) is 3.37. The number of rotatable bonds is 7. The predicted octanol–water partition coefficient (Wildman–Crippen LogP) is 1.32. The maximum atomic E-state index is 12.1. The lowest BCUT2D eigenvalue weighted by Crippen LogP contribution is -2.39. The molecule has 0 saturated carbocycles. The van der Waals surface area contributed by atoms with Gasteiger partial charge >= 0.3 is 0 Å². The van der Waals surface area contributed by atoms with Crippen molar-refractivity contribution in [3.63, 3.8) is 0 Å². The third-order valence-electron chi connectivity index (χ3n) is 3.30. The van der Waals surface area contributed by atoms with E-state index in [2.05, 4.69) is 4.72 Å². The van der Waals surface area contributed by atoms with Gasteiger partial charge in [0.15, 0.2) is 0 Å². The van der Waals surface area contributed by atoms with E-state index >= 15 is 0 Å². The van der Waals surface area contributed by atoms with Crippen molar-refractivity contribution < 1.29 is 16.8 Å². The van der Waals surface area contributed by atoms with Crippen LogP contribution >= 0.6 is 0 Å². The summed E-state index contributed by atoms with van der Waals surface area (Å²) in [6.45, 7) is 7.28. The van der Waals surface area contributed by atoms with Crippen LogP contribution in [0, 0.1) is 20.8 Å². The number of nitrogens with one attached hydrogen (secondary N) is 1. The highest BCUT2D eigenvalue weighted by molar-refractivity contribution is 7.92. The Bertz CT molecular complexity index is 717. The van der Waals surface area contributed by atoms with Crippen molar-refractivity contribution in [2.45, 2.75) is 27.7 Å². The molecule has 126 valence electrons. The predicted molar refractivity (Wildman–Crippen MR) is 90.3 cm³/mol. The molecular formula is C14H24N2O4S2. The molecule has 22 heavy (non-hydrogen) atoms. The van der Waals surface area contributed by atoms with E-state index < -0.39 is 20.0 Å². The van der Waals surface area contributed by atoms with Crippen molar-refractivity contribution in [1.82, 2.24) is 4.72 Å². The Morgan fingerprint density at radius 2 is 1.55 bits per heavy atom. The maximum absolute atomic E-state index is 12.1. The largest absolute Gasteiger partial charge is 0.269 e. The van der Waals surface area contributed by atoms with Gasteiger partial charge in [-0.25, -0.2) is 21.6 Å². The van der Waals surface area contributed by atoms with Crippen LogP contribution in [0.4, 0.5) is 5.69 Å². The van der Waals surface area contributed by atoms with Crippen molar-refractivity contribution in [2.24, 2.45) is 0 Å². The molecule has 0 amide bonds. The van der Waals surface area contributed by atoms with E-state index in [-0.39, 0.29) is 18.8 Å². The summed E-state index contributed by atoms with van der Waals surface area (Å²) >= 11 is 0. The monoisotopic (exact) mass is 348 g/mol. The second-order valence-corrected chi connectivity index (χ2v) is 9.38. The summed E-state index contributed by atoms with van der Waals surface area (Å²) in [6, 6.07) is 3.83. The minimum Gasteiger partial charge on any atom is -0.269 e. The third kappa shape index (κ3) is 4.96. The van der Waals surface area contributed by atoms with E-state index in [0.29, 0.717) is 5.69 Å². The first kappa shape index (κ1) is 18.9.